The van der Waals surface area contributed by atoms with Crippen LogP contribution in [0.4, 0.5) is 4.79 Å². The summed E-state index contributed by atoms with van der Waals surface area (Å²) in [6, 6.07) is 15.8. The van der Waals surface area contributed by atoms with Crippen molar-refractivity contribution < 1.29 is 19.4 Å². The van der Waals surface area contributed by atoms with Gasteiger partial charge in [-0.25, -0.2) is 9.59 Å². The van der Waals surface area contributed by atoms with Gasteiger partial charge in [-0.2, -0.15) is 0 Å². The van der Waals surface area contributed by atoms with Crippen LogP contribution >= 0.6 is 12.2 Å². The van der Waals surface area contributed by atoms with E-state index in [1.807, 2.05) is 48.5 Å². The van der Waals surface area contributed by atoms with Crippen LogP contribution in [0.25, 0.3) is 11.1 Å². The summed E-state index contributed by atoms with van der Waals surface area (Å²) in [5, 5.41) is 11.8. The Hall–Kier alpha value is -3.72. The number of aromatic nitrogens is 2. The van der Waals surface area contributed by atoms with Gasteiger partial charge in [0.15, 0.2) is 4.77 Å². The largest absolute Gasteiger partial charge is 0.480 e. The van der Waals surface area contributed by atoms with Crippen molar-refractivity contribution in [2.24, 2.45) is 0 Å². The fraction of sp³-hybridized carbons (Fsp3) is 0.182. The van der Waals surface area contributed by atoms with E-state index in [0.717, 1.165) is 22.3 Å². The molecule has 1 aromatic heterocycles. The zero-order valence-electron chi connectivity index (χ0n) is 16.3. The minimum absolute atomic E-state index is 0.0691. The zero-order chi connectivity index (χ0) is 22.0. The van der Waals surface area contributed by atoms with Gasteiger partial charge in [0.05, 0.1) is 0 Å². The average molecular weight is 437 g/mol. The normalized spacial score (nSPS) is 13.2. The number of rotatable bonds is 6. The molecule has 0 saturated heterocycles. The van der Waals surface area contributed by atoms with Crippen LogP contribution in [0, 0.1) is 4.77 Å². The first-order valence-electron chi connectivity index (χ1n) is 9.59. The molecule has 9 heteroatoms. The molecule has 0 fully saturated rings. The van der Waals surface area contributed by atoms with E-state index in [0.29, 0.717) is 5.69 Å². The lowest BCUT2D eigenvalue weighted by atomic mass is 9.98. The molecule has 1 unspecified atom stereocenters. The summed E-state index contributed by atoms with van der Waals surface area (Å²) >= 11 is 4.89. The zero-order valence-corrected chi connectivity index (χ0v) is 17.1. The molecule has 8 nitrogen and oxygen atoms in total. The molecule has 31 heavy (non-hydrogen) atoms. The van der Waals surface area contributed by atoms with Crippen LogP contribution in [0.5, 0.6) is 0 Å². The topological polar surface area (TPSA) is 124 Å². The van der Waals surface area contributed by atoms with Crippen molar-refractivity contribution in [1.82, 2.24) is 15.3 Å². The summed E-state index contributed by atoms with van der Waals surface area (Å²) in [6.07, 6.45) is -0.995. The van der Waals surface area contributed by atoms with Crippen LogP contribution < -0.4 is 10.9 Å². The third-order valence-corrected chi connectivity index (χ3v) is 5.38. The second-order valence-corrected chi connectivity index (χ2v) is 7.59. The standard InChI is InChI=1S/C22H19N3O5S/c26-19-10-12(23-21(31)25-19)9-18(20(27)28)24-22(29)30-11-17-15-7-3-1-5-13(15)14-6-2-4-8-16(14)17/h1-8,10,17-18H,9,11H2,(H,24,29)(H,27,28)(H2,23,25,26,31). The van der Waals surface area contributed by atoms with E-state index >= 15 is 0 Å². The van der Waals surface area contributed by atoms with Crippen LogP contribution in [-0.2, 0) is 16.0 Å². The number of carbonyl (C=O) groups is 2. The Labute approximate surface area is 181 Å². The summed E-state index contributed by atoms with van der Waals surface area (Å²) in [5.41, 5.74) is 4.15. The Morgan fingerprint density at radius 1 is 1.06 bits per heavy atom. The number of nitrogens with one attached hydrogen (secondary N) is 3. The van der Waals surface area contributed by atoms with Crippen LogP contribution in [0.1, 0.15) is 22.7 Å². The first-order chi connectivity index (χ1) is 14.9. The van der Waals surface area contributed by atoms with Crippen LogP contribution in [0.15, 0.2) is 59.4 Å². The van der Waals surface area contributed by atoms with E-state index in [9.17, 15) is 19.5 Å². The number of carboxylic acids is 1. The van der Waals surface area contributed by atoms with Crippen LogP contribution in [0.2, 0.25) is 0 Å². The summed E-state index contributed by atoms with van der Waals surface area (Å²) < 4.78 is 5.47. The van der Waals surface area contributed by atoms with E-state index in [2.05, 4.69) is 15.3 Å². The van der Waals surface area contributed by atoms with Crippen LogP contribution in [-0.4, -0.2) is 39.8 Å². The van der Waals surface area contributed by atoms with Gasteiger partial charge in [0.25, 0.3) is 5.56 Å². The molecule has 2 aromatic carbocycles. The fourth-order valence-corrected chi connectivity index (χ4v) is 4.06. The SMILES string of the molecule is O=C(NC(Cc1cc(=O)[nH]c(=S)[nH]1)C(=O)O)OCC1c2ccccc2-c2ccccc21. The number of aromatic amines is 2. The number of carbonyl (C=O) groups excluding carboxylic acids is 1. The Balaban J connectivity index is 1.45. The van der Waals surface area contributed by atoms with Gasteiger partial charge in [0, 0.05) is 24.1 Å². The van der Waals surface area contributed by atoms with E-state index in [-0.39, 0.29) is 23.7 Å². The lowest BCUT2D eigenvalue weighted by molar-refractivity contribution is -0.139. The Morgan fingerprint density at radius 2 is 1.68 bits per heavy atom. The van der Waals surface area contributed by atoms with Gasteiger partial charge in [-0.05, 0) is 34.5 Å². The Kier molecular flexibility index (Phi) is 5.68. The van der Waals surface area contributed by atoms with Gasteiger partial charge in [0.2, 0.25) is 0 Å². The molecule has 0 aliphatic heterocycles. The fourth-order valence-electron chi connectivity index (χ4n) is 3.83. The van der Waals surface area contributed by atoms with Crippen molar-refractivity contribution >= 4 is 24.3 Å². The predicted octanol–water partition coefficient (Wildman–Crippen LogP) is 2.97. The minimum Gasteiger partial charge on any atom is -0.480 e. The molecule has 1 aliphatic carbocycles. The molecule has 0 bridgehead atoms. The quantitative estimate of drug-likeness (QED) is 0.440. The number of fused-ring (bicyclic) bond motifs is 3. The third-order valence-electron chi connectivity index (χ3n) is 5.17. The maximum Gasteiger partial charge on any atom is 0.407 e. The third kappa shape index (κ3) is 4.41. The monoisotopic (exact) mass is 437 g/mol. The number of hydrogen-bond acceptors (Lipinski definition) is 5. The molecule has 1 atom stereocenters. The summed E-state index contributed by atoms with van der Waals surface area (Å²) in [4.78, 5) is 40.6. The first kappa shape index (κ1) is 20.5. The molecule has 158 valence electrons. The Bertz CT molecular complexity index is 1190. The molecule has 0 saturated carbocycles. The molecule has 0 radical (unpaired) electrons. The molecular weight excluding hydrogens is 418 g/mol. The second kappa shape index (κ2) is 8.57. The average Bonchev–Trinajstić information content (AvgIpc) is 3.05. The first-order valence-corrected chi connectivity index (χ1v) is 10.00. The molecule has 1 heterocycles. The van der Waals surface area contributed by atoms with Crippen molar-refractivity contribution in [3.05, 3.63) is 86.5 Å². The highest BCUT2D eigenvalue weighted by Crippen LogP contribution is 2.44. The molecule has 4 rings (SSSR count). The lowest BCUT2D eigenvalue weighted by Crippen LogP contribution is -2.43. The molecular formula is C22H19N3O5S. The summed E-state index contributed by atoms with van der Waals surface area (Å²) in [7, 11) is 0. The van der Waals surface area contributed by atoms with Crippen LogP contribution in [0.3, 0.4) is 0 Å². The Morgan fingerprint density at radius 3 is 2.26 bits per heavy atom. The number of H-pyrrole nitrogens is 2. The number of aliphatic carboxylic acids is 1. The molecule has 1 aliphatic rings. The van der Waals surface area contributed by atoms with Crippen molar-refractivity contribution in [3.8, 4) is 11.1 Å². The van der Waals surface area contributed by atoms with Gasteiger partial charge in [-0.1, -0.05) is 48.5 Å². The predicted molar refractivity (Wildman–Crippen MR) is 116 cm³/mol. The molecule has 4 N–H and O–H groups in total. The van der Waals surface area contributed by atoms with Gasteiger partial charge in [-0.3, -0.25) is 9.78 Å². The highest BCUT2D eigenvalue weighted by atomic mass is 32.1. The maximum atomic E-state index is 12.4. The number of alkyl carbamates (subject to hydrolysis) is 1. The van der Waals surface area contributed by atoms with Gasteiger partial charge in [-0.15, -0.1) is 0 Å². The summed E-state index contributed by atoms with van der Waals surface area (Å²) in [5.74, 6) is -1.39. The van der Waals surface area contributed by atoms with Gasteiger partial charge < -0.3 is 20.1 Å². The highest BCUT2D eigenvalue weighted by Gasteiger charge is 2.29. The van der Waals surface area contributed by atoms with Gasteiger partial charge in [0.1, 0.15) is 12.6 Å². The van der Waals surface area contributed by atoms with Gasteiger partial charge >= 0.3 is 12.1 Å². The van der Waals surface area contributed by atoms with Crippen molar-refractivity contribution in [2.75, 3.05) is 6.61 Å². The minimum atomic E-state index is -1.29. The maximum absolute atomic E-state index is 12.4. The van der Waals surface area contributed by atoms with E-state index in [1.165, 1.54) is 6.07 Å². The van der Waals surface area contributed by atoms with E-state index in [1.54, 1.807) is 0 Å². The number of carboxylic acid groups (broad SMARTS) is 1. The smallest absolute Gasteiger partial charge is 0.407 e. The molecule has 1 amide bonds. The number of ether oxygens (including phenoxy) is 1. The van der Waals surface area contributed by atoms with Crippen molar-refractivity contribution in [1.29, 1.82) is 0 Å². The molecule has 0 spiro atoms. The second-order valence-electron chi connectivity index (χ2n) is 7.18. The summed E-state index contributed by atoms with van der Waals surface area (Å²) in [6.45, 7) is 0.0691. The van der Waals surface area contributed by atoms with E-state index < -0.39 is 23.7 Å². The lowest BCUT2D eigenvalue weighted by Gasteiger charge is -2.17. The number of benzene rings is 2. The number of amides is 1. The molecule has 3 aromatic rings. The van der Waals surface area contributed by atoms with Crippen molar-refractivity contribution in [2.45, 2.75) is 18.4 Å². The number of hydrogen-bond donors (Lipinski definition) is 4. The van der Waals surface area contributed by atoms with E-state index in [4.69, 9.17) is 17.0 Å². The van der Waals surface area contributed by atoms with Crippen molar-refractivity contribution in [3.63, 3.8) is 0 Å². The highest BCUT2D eigenvalue weighted by molar-refractivity contribution is 7.71.